The highest BCUT2D eigenvalue weighted by atomic mass is 79.9. The Morgan fingerprint density at radius 1 is 0.903 bits per heavy atom. The van der Waals surface area contributed by atoms with E-state index in [1.54, 1.807) is 34.3 Å². The van der Waals surface area contributed by atoms with Crippen LogP contribution in [0.3, 0.4) is 0 Å². The fraction of sp³-hybridized carbons (Fsp3) is 0.409. The fourth-order valence-electron chi connectivity index (χ4n) is 3.23. The molecule has 0 aromatic heterocycles. The summed E-state index contributed by atoms with van der Waals surface area (Å²) in [6.07, 6.45) is -0.132. The topological polar surface area (TPSA) is 84.5 Å². The van der Waals surface area contributed by atoms with Gasteiger partial charge < -0.3 is 33.7 Å². The van der Waals surface area contributed by atoms with E-state index in [-0.39, 0.29) is 6.61 Å². The van der Waals surface area contributed by atoms with Crippen LogP contribution in [-0.2, 0) is 11.2 Å². The molecular formula is C22H28BrNO7. The maximum absolute atomic E-state index is 12.3. The highest BCUT2D eigenvalue weighted by Crippen LogP contribution is 2.43. The number of carbonyl (C=O) groups is 1. The summed E-state index contributed by atoms with van der Waals surface area (Å²) < 4.78 is 33.2. The van der Waals surface area contributed by atoms with Gasteiger partial charge in [-0.1, -0.05) is 15.9 Å². The SMILES string of the molecule is CCOC(=O)NC(Cc1cc(OC)c(OC)cc1Br)c1ccc(OC)c(OC)c1OC. The molecule has 0 aliphatic rings. The first kappa shape index (κ1) is 24.5. The van der Waals surface area contributed by atoms with Gasteiger partial charge in [-0.15, -0.1) is 0 Å². The molecule has 0 fully saturated rings. The molecule has 9 heteroatoms. The summed E-state index contributed by atoms with van der Waals surface area (Å²) in [6.45, 7) is 2.00. The van der Waals surface area contributed by atoms with Crippen molar-refractivity contribution in [2.75, 3.05) is 42.2 Å². The smallest absolute Gasteiger partial charge is 0.407 e. The number of methoxy groups -OCH3 is 5. The normalized spacial score (nSPS) is 11.3. The van der Waals surface area contributed by atoms with Crippen LogP contribution in [0.4, 0.5) is 4.79 Å². The summed E-state index contributed by atoms with van der Waals surface area (Å²) in [4.78, 5) is 12.3. The van der Waals surface area contributed by atoms with Crippen LogP contribution in [0.15, 0.2) is 28.7 Å². The van der Waals surface area contributed by atoms with Gasteiger partial charge in [-0.3, -0.25) is 0 Å². The predicted molar refractivity (Wildman–Crippen MR) is 120 cm³/mol. The van der Waals surface area contributed by atoms with Gasteiger partial charge in [0.2, 0.25) is 5.75 Å². The van der Waals surface area contributed by atoms with Crippen LogP contribution >= 0.6 is 15.9 Å². The van der Waals surface area contributed by atoms with Crippen molar-refractivity contribution in [1.29, 1.82) is 0 Å². The van der Waals surface area contributed by atoms with E-state index < -0.39 is 12.1 Å². The highest BCUT2D eigenvalue weighted by molar-refractivity contribution is 9.10. The van der Waals surface area contributed by atoms with Crippen molar-refractivity contribution in [1.82, 2.24) is 5.32 Å². The Hall–Kier alpha value is -2.81. The summed E-state index contributed by atoms with van der Waals surface area (Å²) in [5, 5.41) is 2.91. The molecule has 0 aliphatic carbocycles. The zero-order valence-electron chi connectivity index (χ0n) is 18.5. The van der Waals surface area contributed by atoms with Crippen molar-refractivity contribution in [2.24, 2.45) is 0 Å². The molecule has 1 N–H and O–H groups in total. The van der Waals surface area contributed by atoms with Crippen molar-refractivity contribution in [3.63, 3.8) is 0 Å². The van der Waals surface area contributed by atoms with Crippen LogP contribution in [-0.4, -0.2) is 48.2 Å². The number of carbonyl (C=O) groups excluding carboxylic acids is 1. The third-order valence-corrected chi connectivity index (χ3v) is 5.39. The van der Waals surface area contributed by atoms with Gasteiger partial charge in [0.25, 0.3) is 0 Å². The van der Waals surface area contributed by atoms with Crippen molar-refractivity contribution in [3.05, 3.63) is 39.9 Å². The molecule has 0 spiro atoms. The lowest BCUT2D eigenvalue weighted by molar-refractivity contribution is 0.147. The largest absolute Gasteiger partial charge is 0.493 e. The number of hydrogen-bond acceptors (Lipinski definition) is 7. The average molecular weight is 498 g/mol. The summed E-state index contributed by atoms with van der Waals surface area (Å²) in [5.74, 6) is 2.58. The van der Waals surface area contributed by atoms with Gasteiger partial charge >= 0.3 is 6.09 Å². The molecule has 1 atom stereocenters. The maximum atomic E-state index is 12.3. The van der Waals surface area contributed by atoms with Gasteiger partial charge in [-0.05, 0) is 43.2 Å². The monoisotopic (exact) mass is 497 g/mol. The maximum Gasteiger partial charge on any atom is 0.407 e. The summed E-state index contributed by atoms with van der Waals surface area (Å²) in [5.41, 5.74) is 1.59. The van der Waals surface area contributed by atoms with E-state index in [1.165, 1.54) is 14.2 Å². The van der Waals surface area contributed by atoms with Gasteiger partial charge in [0.15, 0.2) is 23.0 Å². The highest BCUT2D eigenvalue weighted by Gasteiger charge is 2.26. The molecule has 31 heavy (non-hydrogen) atoms. The van der Waals surface area contributed by atoms with Gasteiger partial charge in [0, 0.05) is 10.0 Å². The van der Waals surface area contributed by atoms with E-state index in [0.717, 1.165) is 10.0 Å². The van der Waals surface area contributed by atoms with Gasteiger partial charge in [0.05, 0.1) is 48.2 Å². The molecule has 0 saturated carbocycles. The molecule has 2 aromatic carbocycles. The van der Waals surface area contributed by atoms with E-state index in [0.29, 0.717) is 40.7 Å². The molecule has 2 rings (SSSR count). The molecule has 170 valence electrons. The Morgan fingerprint density at radius 3 is 2.06 bits per heavy atom. The van der Waals surface area contributed by atoms with Gasteiger partial charge in [-0.25, -0.2) is 4.79 Å². The molecule has 8 nitrogen and oxygen atoms in total. The molecule has 2 aromatic rings. The van der Waals surface area contributed by atoms with Crippen LogP contribution in [0.1, 0.15) is 24.1 Å². The van der Waals surface area contributed by atoms with Crippen LogP contribution in [0.5, 0.6) is 28.7 Å². The fourth-order valence-corrected chi connectivity index (χ4v) is 3.71. The molecule has 0 saturated heterocycles. The first-order valence-electron chi connectivity index (χ1n) is 9.56. The second-order valence-corrected chi connectivity index (χ2v) is 7.20. The standard InChI is InChI=1S/C22H28BrNO7/c1-7-31-22(25)24-16(10-13-11-18(27-3)19(28-4)12-15(13)23)14-8-9-17(26-2)21(30-6)20(14)29-5/h8-9,11-12,16H,7,10H2,1-6H3,(H,24,25). The summed E-state index contributed by atoms with van der Waals surface area (Å²) >= 11 is 3.58. The quantitative estimate of drug-likeness (QED) is 0.516. The zero-order chi connectivity index (χ0) is 23.0. The lowest BCUT2D eigenvalue weighted by Gasteiger charge is -2.24. The van der Waals surface area contributed by atoms with Crippen molar-refractivity contribution in [3.8, 4) is 28.7 Å². The van der Waals surface area contributed by atoms with Crippen molar-refractivity contribution >= 4 is 22.0 Å². The molecule has 0 aliphatic heterocycles. The molecular weight excluding hydrogens is 470 g/mol. The van der Waals surface area contributed by atoms with Gasteiger partial charge in [-0.2, -0.15) is 0 Å². The van der Waals surface area contributed by atoms with E-state index in [9.17, 15) is 4.79 Å². The average Bonchev–Trinajstić information content (AvgIpc) is 2.78. The summed E-state index contributed by atoms with van der Waals surface area (Å²) in [6, 6.07) is 6.77. The molecule has 0 heterocycles. The molecule has 0 radical (unpaired) electrons. The summed E-state index contributed by atoms with van der Waals surface area (Å²) in [7, 11) is 7.76. The minimum atomic E-state index is -0.541. The number of alkyl carbamates (subject to hydrolysis) is 1. The first-order chi connectivity index (χ1) is 14.9. The Kier molecular flexibility index (Phi) is 9.11. The van der Waals surface area contributed by atoms with Crippen LogP contribution < -0.4 is 29.0 Å². The second kappa shape index (κ2) is 11.5. The predicted octanol–water partition coefficient (Wildman–Crippen LogP) is 4.52. The Balaban J connectivity index is 2.56. The zero-order valence-corrected chi connectivity index (χ0v) is 20.1. The number of halogens is 1. The minimum Gasteiger partial charge on any atom is -0.493 e. The third kappa shape index (κ3) is 5.66. The molecule has 1 amide bonds. The first-order valence-corrected chi connectivity index (χ1v) is 10.4. The number of ether oxygens (including phenoxy) is 6. The third-order valence-electron chi connectivity index (χ3n) is 4.65. The van der Waals surface area contributed by atoms with E-state index in [4.69, 9.17) is 28.4 Å². The Labute approximate surface area is 190 Å². The molecule has 1 unspecified atom stereocenters. The van der Waals surface area contributed by atoms with E-state index >= 15 is 0 Å². The lowest BCUT2D eigenvalue weighted by atomic mass is 9.97. The number of rotatable bonds is 10. The van der Waals surface area contributed by atoms with E-state index in [1.807, 2.05) is 18.2 Å². The number of benzene rings is 2. The Morgan fingerprint density at radius 2 is 1.52 bits per heavy atom. The number of hydrogen-bond donors (Lipinski definition) is 1. The van der Waals surface area contributed by atoms with Crippen molar-refractivity contribution in [2.45, 2.75) is 19.4 Å². The Bertz CT molecular complexity index is 904. The van der Waals surface area contributed by atoms with Crippen LogP contribution in [0, 0.1) is 0 Å². The molecule has 0 bridgehead atoms. The van der Waals surface area contributed by atoms with Crippen molar-refractivity contribution < 1.29 is 33.2 Å². The second-order valence-electron chi connectivity index (χ2n) is 6.34. The van der Waals surface area contributed by atoms with Crippen LogP contribution in [0.25, 0.3) is 0 Å². The van der Waals surface area contributed by atoms with Crippen LogP contribution in [0.2, 0.25) is 0 Å². The van der Waals surface area contributed by atoms with E-state index in [2.05, 4.69) is 21.2 Å². The minimum absolute atomic E-state index is 0.252. The number of amides is 1. The number of nitrogens with one attached hydrogen (secondary N) is 1. The lowest BCUT2D eigenvalue weighted by Crippen LogP contribution is -2.31. The van der Waals surface area contributed by atoms with Gasteiger partial charge in [0.1, 0.15) is 0 Å².